The second kappa shape index (κ2) is 13.4. The van der Waals surface area contributed by atoms with Crippen molar-refractivity contribution in [3.63, 3.8) is 0 Å². The zero-order valence-electron chi connectivity index (χ0n) is 17.7. The van der Waals surface area contributed by atoms with E-state index in [2.05, 4.69) is 16.0 Å². The summed E-state index contributed by atoms with van der Waals surface area (Å²) in [7, 11) is 1.76. The topological polar surface area (TPSA) is 84.0 Å². The Morgan fingerprint density at radius 1 is 1.11 bits per heavy atom. The highest BCUT2D eigenvalue weighted by molar-refractivity contribution is 14.0. The first-order valence-electron chi connectivity index (χ1n) is 9.78. The molecule has 8 heteroatoms. The lowest BCUT2D eigenvalue weighted by atomic mass is 9.83. The Balaban J connectivity index is 0.00000676. The molecule has 1 amide bonds. The van der Waals surface area contributed by atoms with E-state index < -0.39 is 11.7 Å². The molecule has 160 valence electrons. The fourth-order valence-corrected chi connectivity index (χ4v) is 3.18. The molecule has 0 atom stereocenters. The standard InChI is InChI=1S/C19H38N4O3.HI/c1-6-20-16(21-12-13-22-17(24)26-18(2,3)4)23-15-19(11-14-25-5)9-7-8-10-19;/h6-15H2,1-5H3,(H,22,24)(H2,20,21,23);1H. The van der Waals surface area contributed by atoms with Crippen LogP contribution in [0.25, 0.3) is 0 Å². The largest absolute Gasteiger partial charge is 0.444 e. The van der Waals surface area contributed by atoms with E-state index in [0.29, 0.717) is 13.1 Å². The maximum absolute atomic E-state index is 11.7. The first kappa shape index (κ1) is 26.2. The maximum Gasteiger partial charge on any atom is 0.407 e. The molecule has 0 heterocycles. The molecule has 1 fully saturated rings. The van der Waals surface area contributed by atoms with E-state index >= 15 is 0 Å². The van der Waals surface area contributed by atoms with E-state index in [0.717, 1.165) is 32.1 Å². The fraction of sp³-hybridized carbons (Fsp3) is 0.895. The van der Waals surface area contributed by atoms with Gasteiger partial charge in [-0.1, -0.05) is 12.8 Å². The third kappa shape index (κ3) is 11.6. The normalized spacial score (nSPS) is 16.4. The Bertz CT molecular complexity index is 447. The maximum atomic E-state index is 11.7. The van der Waals surface area contributed by atoms with Crippen LogP contribution in [0.3, 0.4) is 0 Å². The van der Waals surface area contributed by atoms with Crippen LogP contribution < -0.4 is 16.0 Å². The summed E-state index contributed by atoms with van der Waals surface area (Å²) in [5.74, 6) is 0.794. The number of hydrogen-bond acceptors (Lipinski definition) is 4. The Kier molecular flexibility index (Phi) is 13.0. The number of nitrogens with zero attached hydrogens (tertiary/aromatic N) is 1. The molecular weight excluding hydrogens is 459 g/mol. The van der Waals surface area contributed by atoms with Crippen LogP contribution in [0.1, 0.15) is 59.8 Å². The van der Waals surface area contributed by atoms with Crippen molar-refractivity contribution in [3.8, 4) is 0 Å². The molecule has 0 spiro atoms. The highest BCUT2D eigenvalue weighted by Gasteiger charge is 2.33. The van der Waals surface area contributed by atoms with Gasteiger partial charge in [0.05, 0.1) is 0 Å². The summed E-state index contributed by atoms with van der Waals surface area (Å²) in [5.41, 5.74) is -0.209. The van der Waals surface area contributed by atoms with Crippen LogP contribution in [0.15, 0.2) is 4.99 Å². The summed E-state index contributed by atoms with van der Waals surface area (Å²) in [6.45, 7) is 11.1. The number of hydrogen-bond donors (Lipinski definition) is 3. The molecule has 0 aromatic heterocycles. The molecule has 0 radical (unpaired) electrons. The van der Waals surface area contributed by atoms with Crippen molar-refractivity contribution >= 4 is 36.0 Å². The van der Waals surface area contributed by atoms with Crippen molar-refractivity contribution in [2.24, 2.45) is 10.4 Å². The van der Waals surface area contributed by atoms with Gasteiger partial charge in [-0.2, -0.15) is 0 Å². The van der Waals surface area contributed by atoms with Gasteiger partial charge in [0.15, 0.2) is 5.96 Å². The lowest BCUT2D eigenvalue weighted by Gasteiger charge is -2.27. The monoisotopic (exact) mass is 498 g/mol. The van der Waals surface area contributed by atoms with Crippen LogP contribution in [0.5, 0.6) is 0 Å². The van der Waals surface area contributed by atoms with E-state index in [9.17, 15) is 4.79 Å². The molecule has 1 aliphatic carbocycles. The van der Waals surface area contributed by atoms with Gasteiger partial charge < -0.3 is 25.4 Å². The van der Waals surface area contributed by atoms with Crippen molar-refractivity contribution < 1.29 is 14.3 Å². The van der Waals surface area contributed by atoms with Gasteiger partial charge >= 0.3 is 6.09 Å². The van der Waals surface area contributed by atoms with Crippen LogP contribution in [0, 0.1) is 5.41 Å². The molecule has 0 aromatic carbocycles. The number of nitrogens with one attached hydrogen (secondary N) is 3. The van der Waals surface area contributed by atoms with Crippen molar-refractivity contribution in [3.05, 3.63) is 0 Å². The number of carbonyl (C=O) groups is 1. The second-order valence-corrected chi connectivity index (χ2v) is 8.00. The average molecular weight is 498 g/mol. The highest BCUT2D eigenvalue weighted by Crippen LogP contribution is 2.41. The molecule has 27 heavy (non-hydrogen) atoms. The minimum atomic E-state index is -0.480. The molecule has 0 aromatic rings. The minimum absolute atomic E-state index is 0. The zero-order valence-corrected chi connectivity index (χ0v) is 20.0. The number of halogens is 1. The predicted molar refractivity (Wildman–Crippen MR) is 121 cm³/mol. The van der Waals surface area contributed by atoms with Crippen molar-refractivity contribution in [2.75, 3.05) is 39.9 Å². The van der Waals surface area contributed by atoms with E-state index in [-0.39, 0.29) is 29.4 Å². The number of amides is 1. The van der Waals surface area contributed by atoms with Crippen molar-refractivity contribution in [1.82, 2.24) is 16.0 Å². The Morgan fingerprint density at radius 2 is 1.74 bits per heavy atom. The summed E-state index contributed by atoms with van der Waals surface area (Å²) in [4.78, 5) is 16.4. The SMILES string of the molecule is CCNC(=NCC1(CCOC)CCCC1)NCCNC(=O)OC(C)(C)C.I. The van der Waals surface area contributed by atoms with Crippen LogP contribution in [0.2, 0.25) is 0 Å². The molecule has 0 bridgehead atoms. The van der Waals surface area contributed by atoms with Crippen LogP contribution in [-0.4, -0.2) is 57.5 Å². The van der Waals surface area contributed by atoms with Gasteiger partial charge in [0.1, 0.15) is 5.60 Å². The van der Waals surface area contributed by atoms with Gasteiger partial charge in [0.25, 0.3) is 0 Å². The van der Waals surface area contributed by atoms with Crippen molar-refractivity contribution in [1.29, 1.82) is 0 Å². The van der Waals surface area contributed by atoms with Crippen LogP contribution >= 0.6 is 24.0 Å². The number of alkyl carbamates (subject to hydrolysis) is 1. The number of rotatable bonds is 9. The zero-order chi connectivity index (χ0) is 19.5. The average Bonchev–Trinajstić information content (AvgIpc) is 3.02. The highest BCUT2D eigenvalue weighted by atomic mass is 127. The molecular formula is C19H39IN4O3. The number of carbonyl (C=O) groups excluding carboxylic acids is 1. The summed E-state index contributed by atoms with van der Waals surface area (Å²) < 4.78 is 10.5. The lowest BCUT2D eigenvalue weighted by Crippen LogP contribution is -2.43. The van der Waals surface area contributed by atoms with Gasteiger partial charge in [0, 0.05) is 39.9 Å². The number of methoxy groups -OCH3 is 1. The third-order valence-corrected chi connectivity index (χ3v) is 4.50. The summed E-state index contributed by atoms with van der Waals surface area (Å²) in [5, 5.41) is 9.29. The van der Waals surface area contributed by atoms with Gasteiger partial charge in [-0.05, 0) is 52.4 Å². The van der Waals surface area contributed by atoms with E-state index in [1.807, 2.05) is 27.7 Å². The smallest absolute Gasteiger partial charge is 0.407 e. The van der Waals surface area contributed by atoms with Gasteiger partial charge in [0.2, 0.25) is 0 Å². The molecule has 0 saturated heterocycles. The van der Waals surface area contributed by atoms with E-state index in [1.165, 1.54) is 25.7 Å². The Hall–Kier alpha value is -0.770. The molecule has 0 unspecified atom stereocenters. The van der Waals surface area contributed by atoms with Gasteiger partial charge in [-0.3, -0.25) is 4.99 Å². The van der Waals surface area contributed by atoms with Crippen LogP contribution in [0.4, 0.5) is 4.79 Å². The molecule has 7 nitrogen and oxygen atoms in total. The van der Waals surface area contributed by atoms with Crippen molar-refractivity contribution in [2.45, 2.75) is 65.4 Å². The van der Waals surface area contributed by atoms with E-state index in [4.69, 9.17) is 14.5 Å². The fourth-order valence-electron chi connectivity index (χ4n) is 3.18. The predicted octanol–water partition coefficient (Wildman–Crippen LogP) is 3.28. The summed E-state index contributed by atoms with van der Waals surface area (Å²) >= 11 is 0. The number of aliphatic imine (C=N–C) groups is 1. The van der Waals surface area contributed by atoms with Gasteiger partial charge in [-0.15, -0.1) is 24.0 Å². The quantitative estimate of drug-likeness (QED) is 0.197. The number of ether oxygens (including phenoxy) is 2. The molecule has 0 aliphatic heterocycles. The summed E-state index contributed by atoms with van der Waals surface area (Å²) in [6, 6.07) is 0. The Morgan fingerprint density at radius 3 is 2.30 bits per heavy atom. The van der Waals surface area contributed by atoms with Gasteiger partial charge in [-0.25, -0.2) is 4.79 Å². The third-order valence-electron chi connectivity index (χ3n) is 4.50. The minimum Gasteiger partial charge on any atom is -0.444 e. The van der Waals surface area contributed by atoms with Crippen LogP contribution in [-0.2, 0) is 9.47 Å². The lowest BCUT2D eigenvalue weighted by molar-refractivity contribution is 0.0529. The molecule has 3 N–H and O–H groups in total. The number of guanidine groups is 1. The molecule has 1 rings (SSSR count). The molecule has 1 aliphatic rings. The summed E-state index contributed by atoms with van der Waals surface area (Å²) in [6.07, 6.45) is 5.67. The first-order chi connectivity index (χ1) is 12.3. The van der Waals surface area contributed by atoms with E-state index in [1.54, 1.807) is 7.11 Å². The molecule has 1 saturated carbocycles. The second-order valence-electron chi connectivity index (χ2n) is 8.00. The Labute approximate surface area is 181 Å². The first-order valence-corrected chi connectivity index (χ1v) is 9.78.